The molecule has 0 saturated carbocycles. The topological polar surface area (TPSA) is 37.0 Å². The third-order valence-corrected chi connectivity index (χ3v) is 4.42. The third-order valence-electron chi connectivity index (χ3n) is 3.39. The normalized spacial score (nSPS) is 18.1. The number of hydrogen-bond acceptors (Lipinski definition) is 4. The van der Waals surface area contributed by atoms with E-state index in [1.165, 1.54) is 11.1 Å². The van der Waals surface area contributed by atoms with E-state index in [1.807, 2.05) is 6.07 Å². The van der Waals surface area contributed by atoms with Gasteiger partial charge in [0.05, 0.1) is 11.7 Å². The predicted octanol–water partition coefficient (Wildman–Crippen LogP) is 3.85. The molecular formula is C15H18ClN3S. The van der Waals surface area contributed by atoms with Gasteiger partial charge in [-0.15, -0.1) is 11.3 Å². The highest BCUT2D eigenvalue weighted by atomic mass is 35.5. The first-order valence-electron chi connectivity index (χ1n) is 6.87. The molecule has 1 unspecified atom stereocenters. The van der Waals surface area contributed by atoms with Crippen LogP contribution >= 0.6 is 22.9 Å². The number of nitrogens with zero attached hydrogens (tertiary/aromatic N) is 1. The molecule has 1 atom stereocenters. The Bertz CT molecular complexity index is 609. The van der Waals surface area contributed by atoms with Crippen LogP contribution in [-0.2, 0) is 6.42 Å². The van der Waals surface area contributed by atoms with Crippen LogP contribution in [-0.4, -0.2) is 17.6 Å². The molecule has 1 aliphatic heterocycles. The standard InChI is InChI=1S/C15H18ClN3S/c1-9(2)18-15-19-13(8-20-15)14-12-4-3-11(16)7-10(12)5-6-17-14/h3-4,7-9,14,17H,5-6H2,1-2H3,(H,18,19). The lowest BCUT2D eigenvalue weighted by molar-refractivity contribution is 0.559. The number of aromatic nitrogens is 1. The van der Waals surface area contributed by atoms with Crippen molar-refractivity contribution in [3.8, 4) is 0 Å². The van der Waals surface area contributed by atoms with Crippen molar-refractivity contribution >= 4 is 28.1 Å². The number of rotatable bonds is 3. The van der Waals surface area contributed by atoms with E-state index >= 15 is 0 Å². The van der Waals surface area contributed by atoms with Crippen molar-refractivity contribution in [3.63, 3.8) is 0 Å². The molecule has 0 amide bonds. The van der Waals surface area contributed by atoms with Crippen molar-refractivity contribution in [3.05, 3.63) is 45.4 Å². The lowest BCUT2D eigenvalue weighted by Crippen LogP contribution is -2.30. The molecule has 1 aromatic heterocycles. The molecule has 3 nitrogen and oxygen atoms in total. The summed E-state index contributed by atoms with van der Waals surface area (Å²) in [7, 11) is 0. The molecule has 5 heteroatoms. The predicted molar refractivity (Wildman–Crippen MR) is 85.9 cm³/mol. The molecular weight excluding hydrogens is 290 g/mol. The number of nitrogens with one attached hydrogen (secondary N) is 2. The Morgan fingerprint density at radius 2 is 2.30 bits per heavy atom. The fraction of sp³-hybridized carbons (Fsp3) is 0.400. The summed E-state index contributed by atoms with van der Waals surface area (Å²) in [6, 6.07) is 6.72. The van der Waals surface area contributed by atoms with Gasteiger partial charge in [-0.25, -0.2) is 4.98 Å². The van der Waals surface area contributed by atoms with Gasteiger partial charge < -0.3 is 10.6 Å². The summed E-state index contributed by atoms with van der Waals surface area (Å²) in [6.07, 6.45) is 1.02. The van der Waals surface area contributed by atoms with E-state index < -0.39 is 0 Å². The van der Waals surface area contributed by atoms with Gasteiger partial charge in [-0.3, -0.25) is 0 Å². The molecule has 2 heterocycles. The Balaban J connectivity index is 1.90. The summed E-state index contributed by atoms with van der Waals surface area (Å²) >= 11 is 7.75. The van der Waals surface area contributed by atoms with Crippen LogP contribution in [0.15, 0.2) is 23.6 Å². The van der Waals surface area contributed by atoms with Crippen molar-refractivity contribution in [2.75, 3.05) is 11.9 Å². The molecule has 0 radical (unpaired) electrons. The van der Waals surface area contributed by atoms with Gasteiger partial charge in [0, 0.05) is 23.0 Å². The number of hydrogen-bond donors (Lipinski definition) is 2. The monoisotopic (exact) mass is 307 g/mol. The second kappa shape index (κ2) is 5.72. The Labute approximate surface area is 128 Å². The van der Waals surface area contributed by atoms with E-state index in [4.69, 9.17) is 16.6 Å². The number of halogens is 1. The van der Waals surface area contributed by atoms with E-state index in [9.17, 15) is 0 Å². The highest BCUT2D eigenvalue weighted by molar-refractivity contribution is 7.13. The van der Waals surface area contributed by atoms with Crippen LogP contribution in [0.5, 0.6) is 0 Å². The largest absolute Gasteiger partial charge is 0.359 e. The zero-order valence-electron chi connectivity index (χ0n) is 11.6. The van der Waals surface area contributed by atoms with Crippen LogP contribution in [0.2, 0.25) is 5.02 Å². The van der Waals surface area contributed by atoms with Gasteiger partial charge in [-0.05, 0) is 43.5 Å². The van der Waals surface area contributed by atoms with Gasteiger partial charge in [-0.1, -0.05) is 17.7 Å². The Hall–Kier alpha value is -1.10. The van der Waals surface area contributed by atoms with Gasteiger partial charge in [0.25, 0.3) is 0 Å². The summed E-state index contributed by atoms with van der Waals surface area (Å²) in [4.78, 5) is 4.71. The van der Waals surface area contributed by atoms with E-state index in [-0.39, 0.29) is 6.04 Å². The maximum Gasteiger partial charge on any atom is 0.183 e. The number of benzene rings is 1. The molecule has 0 saturated heterocycles. The summed E-state index contributed by atoms with van der Waals surface area (Å²) in [6.45, 7) is 5.21. The van der Waals surface area contributed by atoms with Crippen LogP contribution < -0.4 is 10.6 Å². The number of fused-ring (bicyclic) bond motifs is 1. The van der Waals surface area contributed by atoms with Crippen LogP contribution in [0.3, 0.4) is 0 Å². The van der Waals surface area contributed by atoms with Crippen molar-refractivity contribution in [2.24, 2.45) is 0 Å². The van der Waals surface area contributed by atoms with Crippen molar-refractivity contribution in [1.29, 1.82) is 0 Å². The lowest BCUT2D eigenvalue weighted by atomic mass is 9.93. The van der Waals surface area contributed by atoms with E-state index in [2.05, 4.69) is 42.0 Å². The quantitative estimate of drug-likeness (QED) is 0.904. The smallest absolute Gasteiger partial charge is 0.183 e. The molecule has 0 spiro atoms. The molecule has 0 bridgehead atoms. The zero-order valence-corrected chi connectivity index (χ0v) is 13.2. The summed E-state index contributed by atoms with van der Waals surface area (Å²) in [5, 5.41) is 10.8. The number of anilines is 1. The van der Waals surface area contributed by atoms with Crippen molar-refractivity contribution < 1.29 is 0 Å². The van der Waals surface area contributed by atoms with Gasteiger partial charge >= 0.3 is 0 Å². The maximum absolute atomic E-state index is 6.09. The van der Waals surface area contributed by atoms with Crippen LogP contribution in [0, 0.1) is 0 Å². The molecule has 3 rings (SSSR count). The van der Waals surface area contributed by atoms with E-state index in [1.54, 1.807) is 11.3 Å². The average Bonchev–Trinajstić information content (AvgIpc) is 2.85. The van der Waals surface area contributed by atoms with Gasteiger partial charge in [0.1, 0.15) is 0 Å². The average molecular weight is 308 g/mol. The van der Waals surface area contributed by atoms with Gasteiger partial charge in [0.15, 0.2) is 5.13 Å². The second-order valence-electron chi connectivity index (χ2n) is 5.36. The maximum atomic E-state index is 6.09. The molecule has 20 heavy (non-hydrogen) atoms. The fourth-order valence-electron chi connectivity index (χ4n) is 2.53. The summed E-state index contributed by atoms with van der Waals surface area (Å²) < 4.78 is 0. The minimum Gasteiger partial charge on any atom is -0.359 e. The molecule has 0 fully saturated rings. The van der Waals surface area contributed by atoms with Crippen LogP contribution in [0.1, 0.15) is 36.7 Å². The highest BCUT2D eigenvalue weighted by Crippen LogP contribution is 2.32. The molecule has 106 valence electrons. The first-order valence-corrected chi connectivity index (χ1v) is 8.13. The number of thiazole rings is 1. The molecule has 1 aromatic carbocycles. The molecule has 0 aliphatic carbocycles. The van der Waals surface area contributed by atoms with Crippen molar-refractivity contribution in [2.45, 2.75) is 32.4 Å². The molecule has 2 aromatic rings. The SMILES string of the molecule is CC(C)Nc1nc(C2NCCc3cc(Cl)ccc32)cs1. The van der Waals surface area contributed by atoms with E-state index in [0.717, 1.165) is 28.8 Å². The second-order valence-corrected chi connectivity index (χ2v) is 6.65. The fourth-order valence-corrected chi connectivity index (χ4v) is 3.61. The molecule has 2 N–H and O–H groups in total. The van der Waals surface area contributed by atoms with Gasteiger partial charge in [0.2, 0.25) is 0 Å². The Morgan fingerprint density at radius 3 is 3.10 bits per heavy atom. The highest BCUT2D eigenvalue weighted by Gasteiger charge is 2.23. The lowest BCUT2D eigenvalue weighted by Gasteiger charge is -2.25. The van der Waals surface area contributed by atoms with Gasteiger partial charge in [-0.2, -0.15) is 0 Å². The van der Waals surface area contributed by atoms with Crippen molar-refractivity contribution in [1.82, 2.24) is 10.3 Å². The summed E-state index contributed by atoms with van der Waals surface area (Å²) in [5.41, 5.74) is 3.70. The van der Waals surface area contributed by atoms with Crippen LogP contribution in [0.4, 0.5) is 5.13 Å². The Kier molecular flexibility index (Phi) is 3.96. The molecule has 1 aliphatic rings. The zero-order chi connectivity index (χ0) is 14.1. The van der Waals surface area contributed by atoms with Crippen LogP contribution in [0.25, 0.3) is 0 Å². The minimum atomic E-state index is 0.176. The summed E-state index contributed by atoms with van der Waals surface area (Å²) in [5.74, 6) is 0. The minimum absolute atomic E-state index is 0.176. The Morgan fingerprint density at radius 1 is 1.45 bits per heavy atom. The first-order chi connectivity index (χ1) is 9.63. The first kappa shape index (κ1) is 13.9. The third kappa shape index (κ3) is 2.82. The van der Waals surface area contributed by atoms with E-state index in [0.29, 0.717) is 6.04 Å².